The highest BCUT2D eigenvalue weighted by Gasteiger charge is 2.16. The Morgan fingerprint density at radius 1 is 1.11 bits per heavy atom. The number of ether oxygens (including phenoxy) is 1. The molecule has 3 aromatic carbocycles. The van der Waals surface area contributed by atoms with E-state index in [1.165, 1.54) is 11.8 Å². The molecule has 0 saturated heterocycles. The first-order valence-electron chi connectivity index (χ1n) is 11.2. The van der Waals surface area contributed by atoms with E-state index in [0.29, 0.717) is 56.3 Å². The second kappa shape index (κ2) is 11.0. The largest absolute Gasteiger partial charge is 0.497 e. The predicted octanol–water partition coefficient (Wildman–Crippen LogP) is 5.73. The highest BCUT2D eigenvalue weighted by Crippen LogP contribution is 2.27. The van der Waals surface area contributed by atoms with Crippen molar-refractivity contribution in [3.05, 3.63) is 93.2 Å². The smallest absolute Gasteiger partial charge is 0.266 e. The standard InChI is InChI=1S/C27H26ClN3O3S/c1-17(2)15-29-25(32)19-9-12-23-24(13-19)30-27(35-16-18-7-10-20(28)11-8-18)31(26(23)33)21-5-4-6-22(14-21)34-3/h4-14,17H,15-16H2,1-3H3,(H,29,32). The van der Waals surface area contributed by atoms with Crippen molar-refractivity contribution >= 4 is 40.2 Å². The molecule has 6 nitrogen and oxygen atoms in total. The molecular weight excluding hydrogens is 482 g/mol. The van der Waals surface area contributed by atoms with E-state index < -0.39 is 0 Å². The minimum absolute atomic E-state index is 0.185. The molecule has 1 amide bonds. The van der Waals surface area contributed by atoms with Crippen LogP contribution in [0.25, 0.3) is 16.6 Å². The number of carbonyl (C=O) groups excluding carboxylic acids is 1. The Morgan fingerprint density at radius 3 is 2.60 bits per heavy atom. The van der Waals surface area contributed by atoms with E-state index in [1.54, 1.807) is 35.9 Å². The minimum Gasteiger partial charge on any atom is -0.497 e. The molecule has 0 bridgehead atoms. The summed E-state index contributed by atoms with van der Waals surface area (Å²) in [6, 6.07) is 19.9. The second-order valence-electron chi connectivity index (χ2n) is 8.49. The number of hydrogen-bond donors (Lipinski definition) is 1. The van der Waals surface area contributed by atoms with Gasteiger partial charge < -0.3 is 10.1 Å². The van der Waals surface area contributed by atoms with E-state index in [0.717, 1.165) is 5.56 Å². The van der Waals surface area contributed by atoms with Crippen molar-refractivity contribution < 1.29 is 9.53 Å². The Hall–Kier alpha value is -3.29. The van der Waals surface area contributed by atoms with Crippen LogP contribution in [0.4, 0.5) is 0 Å². The van der Waals surface area contributed by atoms with Gasteiger partial charge >= 0.3 is 0 Å². The molecule has 35 heavy (non-hydrogen) atoms. The van der Waals surface area contributed by atoms with Crippen molar-refractivity contribution in [3.8, 4) is 11.4 Å². The molecule has 0 spiro atoms. The number of carbonyl (C=O) groups is 1. The van der Waals surface area contributed by atoms with Gasteiger partial charge in [0, 0.05) is 29.0 Å². The van der Waals surface area contributed by atoms with Crippen LogP contribution in [-0.2, 0) is 5.75 Å². The van der Waals surface area contributed by atoms with Gasteiger partial charge in [-0.25, -0.2) is 4.98 Å². The van der Waals surface area contributed by atoms with E-state index in [4.69, 9.17) is 21.3 Å². The van der Waals surface area contributed by atoms with Crippen LogP contribution in [-0.4, -0.2) is 29.1 Å². The molecule has 0 aliphatic carbocycles. The maximum atomic E-state index is 13.7. The number of halogens is 1. The zero-order valence-electron chi connectivity index (χ0n) is 19.7. The summed E-state index contributed by atoms with van der Waals surface area (Å²) < 4.78 is 6.95. The number of methoxy groups -OCH3 is 1. The fourth-order valence-electron chi connectivity index (χ4n) is 3.51. The fraction of sp³-hybridized carbons (Fsp3) is 0.222. The first-order chi connectivity index (χ1) is 16.9. The second-order valence-corrected chi connectivity index (χ2v) is 9.87. The summed E-state index contributed by atoms with van der Waals surface area (Å²) in [4.78, 5) is 31.1. The van der Waals surface area contributed by atoms with Crippen molar-refractivity contribution in [1.82, 2.24) is 14.9 Å². The molecular formula is C27H26ClN3O3S. The van der Waals surface area contributed by atoms with Crippen LogP contribution in [0.15, 0.2) is 76.7 Å². The zero-order chi connectivity index (χ0) is 24.9. The molecule has 0 unspecified atom stereocenters. The van der Waals surface area contributed by atoms with Gasteiger partial charge in [0.25, 0.3) is 11.5 Å². The zero-order valence-corrected chi connectivity index (χ0v) is 21.3. The number of amides is 1. The van der Waals surface area contributed by atoms with Crippen molar-refractivity contribution in [2.24, 2.45) is 5.92 Å². The van der Waals surface area contributed by atoms with E-state index in [-0.39, 0.29) is 11.5 Å². The Bertz CT molecular complexity index is 1420. The molecule has 180 valence electrons. The molecule has 0 aliphatic heterocycles. The third kappa shape index (κ3) is 5.86. The third-order valence-electron chi connectivity index (χ3n) is 5.36. The van der Waals surface area contributed by atoms with E-state index >= 15 is 0 Å². The molecule has 0 saturated carbocycles. The minimum atomic E-state index is -0.212. The highest BCUT2D eigenvalue weighted by atomic mass is 35.5. The SMILES string of the molecule is COc1cccc(-n2c(SCc3ccc(Cl)cc3)nc3cc(C(=O)NCC(C)C)ccc3c2=O)c1. The van der Waals surface area contributed by atoms with Gasteiger partial charge in [0.1, 0.15) is 5.75 Å². The summed E-state index contributed by atoms with van der Waals surface area (Å²) >= 11 is 7.46. The number of aromatic nitrogens is 2. The normalized spacial score (nSPS) is 11.1. The van der Waals surface area contributed by atoms with Crippen LogP contribution >= 0.6 is 23.4 Å². The van der Waals surface area contributed by atoms with Crippen LogP contribution in [0.2, 0.25) is 5.02 Å². The fourth-order valence-corrected chi connectivity index (χ4v) is 4.60. The molecule has 0 atom stereocenters. The summed E-state index contributed by atoms with van der Waals surface area (Å²) in [6.07, 6.45) is 0. The molecule has 1 N–H and O–H groups in total. The Morgan fingerprint density at radius 2 is 1.89 bits per heavy atom. The van der Waals surface area contributed by atoms with Crippen LogP contribution in [0, 0.1) is 5.92 Å². The third-order valence-corrected chi connectivity index (χ3v) is 6.63. The van der Waals surface area contributed by atoms with E-state index in [2.05, 4.69) is 5.32 Å². The molecule has 1 aromatic heterocycles. The van der Waals surface area contributed by atoms with Crippen LogP contribution in [0.1, 0.15) is 29.8 Å². The molecule has 1 heterocycles. The Kier molecular flexibility index (Phi) is 7.78. The van der Waals surface area contributed by atoms with E-state index in [9.17, 15) is 9.59 Å². The first-order valence-corrected chi connectivity index (χ1v) is 12.6. The molecule has 0 fully saturated rings. The lowest BCUT2D eigenvalue weighted by Gasteiger charge is -2.15. The van der Waals surface area contributed by atoms with Crippen molar-refractivity contribution in [3.63, 3.8) is 0 Å². The van der Waals surface area contributed by atoms with E-state index in [1.807, 2.05) is 56.3 Å². The maximum Gasteiger partial charge on any atom is 0.266 e. The van der Waals surface area contributed by atoms with Gasteiger partial charge in [0.15, 0.2) is 5.16 Å². The van der Waals surface area contributed by atoms with Gasteiger partial charge in [0.2, 0.25) is 0 Å². The molecule has 4 aromatic rings. The summed E-state index contributed by atoms with van der Waals surface area (Å²) in [6.45, 7) is 4.64. The summed E-state index contributed by atoms with van der Waals surface area (Å²) in [5.74, 6) is 1.38. The van der Waals surface area contributed by atoms with Gasteiger partial charge in [-0.15, -0.1) is 0 Å². The number of thioether (sulfide) groups is 1. The van der Waals surface area contributed by atoms with Gasteiger partial charge in [0.05, 0.1) is 23.7 Å². The van der Waals surface area contributed by atoms with Crippen LogP contribution in [0.3, 0.4) is 0 Å². The van der Waals surface area contributed by atoms with Crippen LogP contribution in [0.5, 0.6) is 5.75 Å². The van der Waals surface area contributed by atoms with Crippen molar-refractivity contribution in [2.75, 3.05) is 13.7 Å². The lowest BCUT2D eigenvalue weighted by Crippen LogP contribution is -2.27. The Balaban J connectivity index is 1.80. The topological polar surface area (TPSA) is 73.2 Å². The van der Waals surface area contributed by atoms with Crippen molar-refractivity contribution in [1.29, 1.82) is 0 Å². The average molecular weight is 508 g/mol. The molecule has 8 heteroatoms. The van der Waals surface area contributed by atoms with Gasteiger partial charge in [-0.1, -0.05) is 55.4 Å². The highest BCUT2D eigenvalue weighted by molar-refractivity contribution is 7.98. The predicted molar refractivity (Wildman–Crippen MR) is 142 cm³/mol. The van der Waals surface area contributed by atoms with Crippen molar-refractivity contribution in [2.45, 2.75) is 24.8 Å². The van der Waals surface area contributed by atoms with Crippen LogP contribution < -0.4 is 15.6 Å². The molecule has 4 rings (SSSR count). The number of fused-ring (bicyclic) bond motifs is 1. The molecule has 0 radical (unpaired) electrons. The summed E-state index contributed by atoms with van der Waals surface area (Å²) in [5, 5.41) is 4.53. The van der Waals surface area contributed by atoms with Gasteiger partial charge in [-0.2, -0.15) is 0 Å². The lowest BCUT2D eigenvalue weighted by atomic mass is 10.1. The Labute approximate surface area is 213 Å². The van der Waals surface area contributed by atoms with Gasteiger partial charge in [-0.05, 0) is 53.9 Å². The number of nitrogens with zero attached hydrogens (tertiary/aromatic N) is 2. The molecule has 0 aliphatic rings. The monoisotopic (exact) mass is 507 g/mol. The quantitative estimate of drug-likeness (QED) is 0.244. The first kappa shape index (κ1) is 24.8. The summed E-state index contributed by atoms with van der Waals surface area (Å²) in [5.41, 5.74) is 2.44. The summed E-state index contributed by atoms with van der Waals surface area (Å²) in [7, 11) is 1.59. The lowest BCUT2D eigenvalue weighted by molar-refractivity contribution is 0.0949. The average Bonchev–Trinajstić information content (AvgIpc) is 2.86. The number of hydrogen-bond acceptors (Lipinski definition) is 5. The number of rotatable bonds is 8. The van der Waals surface area contributed by atoms with Gasteiger partial charge in [-0.3, -0.25) is 14.2 Å². The number of nitrogens with one attached hydrogen (secondary N) is 1. The number of benzene rings is 3. The maximum absolute atomic E-state index is 13.7.